The minimum absolute atomic E-state index is 0. The smallest absolute Gasteiger partial charge is 0.137 e. The number of carbonyl (C=O) groups excluding carboxylic acids is 1. The SMILES string of the molecule is Cl.NC1(c2ccccc2)CC(=O)C1. The topological polar surface area (TPSA) is 43.1 Å². The van der Waals surface area contributed by atoms with E-state index < -0.39 is 0 Å². The molecule has 0 heterocycles. The summed E-state index contributed by atoms with van der Waals surface area (Å²) in [5.41, 5.74) is 6.70. The number of hydrogen-bond acceptors (Lipinski definition) is 2. The highest BCUT2D eigenvalue weighted by molar-refractivity contribution is 5.88. The number of rotatable bonds is 1. The third-order valence-corrected chi connectivity index (χ3v) is 2.37. The molecular formula is C10H12ClNO. The van der Waals surface area contributed by atoms with Crippen molar-refractivity contribution in [2.24, 2.45) is 5.73 Å². The molecule has 0 atom stereocenters. The first-order valence-electron chi connectivity index (χ1n) is 4.07. The molecule has 13 heavy (non-hydrogen) atoms. The van der Waals surface area contributed by atoms with Crippen LogP contribution in [-0.4, -0.2) is 5.78 Å². The molecule has 0 radical (unpaired) electrons. The second kappa shape index (κ2) is 3.48. The molecule has 1 fully saturated rings. The van der Waals surface area contributed by atoms with Gasteiger partial charge in [0, 0.05) is 12.8 Å². The van der Waals surface area contributed by atoms with Crippen molar-refractivity contribution < 1.29 is 4.79 Å². The fraction of sp³-hybridized carbons (Fsp3) is 0.300. The van der Waals surface area contributed by atoms with E-state index in [2.05, 4.69) is 0 Å². The molecule has 0 unspecified atom stereocenters. The second-order valence-electron chi connectivity index (χ2n) is 3.41. The van der Waals surface area contributed by atoms with Gasteiger partial charge in [0.15, 0.2) is 0 Å². The highest BCUT2D eigenvalue weighted by Gasteiger charge is 2.40. The molecule has 0 spiro atoms. The largest absolute Gasteiger partial charge is 0.321 e. The lowest BCUT2D eigenvalue weighted by Gasteiger charge is -2.36. The van der Waals surface area contributed by atoms with Gasteiger partial charge in [-0.2, -0.15) is 0 Å². The maximum absolute atomic E-state index is 10.8. The van der Waals surface area contributed by atoms with Crippen molar-refractivity contribution in [1.82, 2.24) is 0 Å². The number of hydrogen-bond donors (Lipinski definition) is 1. The van der Waals surface area contributed by atoms with Crippen LogP contribution in [0.4, 0.5) is 0 Å². The molecule has 0 saturated heterocycles. The predicted octanol–water partition coefficient (Wildman–Crippen LogP) is 1.63. The Morgan fingerprint density at radius 2 is 1.69 bits per heavy atom. The van der Waals surface area contributed by atoms with E-state index in [0.29, 0.717) is 12.8 Å². The fourth-order valence-electron chi connectivity index (χ4n) is 1.63. The van der Waals surface area contributed by atoms with Gasteiger partial charge >= 0.3 is 0 Å². The summed E-state index contributed by atoms with van der Waals surface area (Å²) in [7, 11) is 0. The average Bonchev–Trinajstić information content (AvgIpc) is 2.04. The minimum atomic E-state index is -0.363. The van der Waals surface area contributed by atoms with Gasteiger partial charge in [-0.15, -0.1) is 12.4 Å². The summed E-state index contributed by atoms with van der Waals surface area (Å²) < 4.78 is 0. The van der Waals surface area contributed by atoms with Crippen LogP contribution in [0.5, 0.6) is 0 Å². The Balaban J connectivity index is 0.000000845. The molecule has 0 bridgehead atoms. The summed E-state index contributed by atoms with van der Waals surface area (Å²) in [5, 5.41) is 0. The van der Waals surface area contributed by atoms with Crippen molar-refractivity contribution in [3.8, 4) is 0 Å². The molecular weight excluding hydrogens is 186 g/mol. The van der Waals surface area contributed by atoms with E-state index in [1.54, 1.807) is 0 Å². The van der Waals surface area contributed by atoms with Gasteiger partial charge in [-0.1, -0.05) is 30.3 Å². The van der Waals surface area contributed by atoms with Crippen LogP contribution in [0, 0.1) is 0 Å². The van der Waals surface area contributed by atoms with Gasteiger partial charge in [0.05, 0.1) is 5.54 Å². The summed E-state index contributed by atoms with van der Waals surface area (Å²) in [6.45, 7) is 0. The Kier molecular flexibility index (Phi) is 2.74. The molecule has 2 N–H and O–H groups in total. The van der Waals surface area contributed by atoms with Gasteiger partial charge in [0.1, 0.15) is 5.78 Å². The van der Waals surface area contributed by atoms with Crippen molar-refractivity contribution in [3.05, 3.63) is 35.9 Å². The maximum Gasteiger partial charge on any atom is 0.137 e. The van der Waals surface area contributed by atoms with Gasteiger partial charge in [0.25, 0.3) is 0 Å². The molecule has 1 aliphatic rings. The van der Waals surface area contributed by atoms with Crippen molar-refractivity contribution >= 4 is 18.2 Å². The Labute approximate surface area is 83.5 Å². The lowest BCUT2D eigenvalue weighted by atomic mass is 9.72. The van der Waals surface area contributed by atoms with E-state index in [-0.39, 0.29) is 23.7 Å². The van der Waals surface area contributed by atoms with Crippen LogP contribution in [0.2, 0.25) is 0 Å². The van der Waals surface area contributed by atoms with Gasteiger partial charge in [-0.3, -0.25) is 4.79 Å². The molecule has 1 saturated carbocycles. The summed E-state index contributed by atoms with van der Waals surface area (Å²) in [6.07, 6.45) is 0.994. The highest BCUT2D eigenvalue weighted by Crippen LogP contribution is 2.35. The quantitative estimate of drug-likeness (QED) is 0.744. The van der Waals surface area contributed by atoms with E-state index in [1.807, 2.05) is 30.3 Å². The molecule has 1 aromatic carbocycles. The molecule has 70 valence electrons. The van der Waals surface area contributed by atoms with E-state index in [4.69, 9.17) is 5.73 Å². The van der Waals surface area contributed by atoms with E-state index in [1.165, 1.54) is 0 Å². The standard InChI is InChI=1S/C10H11NO.ClH/c11-10(6-9(12)7-10)8-4-2-1-3-5-8;/h1-5H,6-7,11H2;1H. The number of Topliss-reactive ketones (excluding diaryl/α,β-unsaturated/α-hetero) is 1. The second-order valence-corrected chi connectivity index (χ2v) is 3.41. The third-order valence-electron chi connectivity index (χ3n) is 2.37. The molecule has 0 aliphatic heterocycles. The molecule has 0 amide bonds. The number of benzene rings is 1. The Morgan fingerprint density at radius 1 is 1.15 bits per heavy atom. The van der Waals surface area contributed by atoms with Crippen molar-refractivity contribution in [3.63, 3.8) is 0 Å². The van der Waals surface area contributed by atoms with Crippen LogP contribution in [0.25, 0.3) is 0 Å². The van der Waals surface area contributed by atoms with E-state index in [0.717, 1.165) is 5.56 Å². The van der Waals surface area contributed by atoms with Gasteiger partial charge in [0.2, 0.25) is 0 Å². The third kappa shape index (κ3) is 1.74. The molecule has 1 aliphatic carbocycles. The lowest BCUT2D eigenvalue weighted by Crippen LogP contribution is -2.49. The van der Waals surface area contributed by atoms with Gasteiger partial charge in [-0.25, -0.2) is 0 Å². The number of carbonyl (C=O) groups is 1. The van der Waals surface area contributed by atoms with Crippen molar-refractivity contribution in [2.75, 3.05) is 0 Å². The molecule has 2 nitrogen and oxygen atoms in total. The lowest BCUT2D eigenvalue weighted by molar-refractivity contribution is -0.128. The zero-order valence-electron chi connectivity index (χ0n) is 7.19. The number of halogens is 1. The van der Waals surface area contributed by atoms with E-state index in [9.17, 15) is 4.79 Å². The summed E-state index contributed by atoms with van der Waals surface area (Å²) in [5.74, 6) is 0.265. The first-order valence-corrected chi connectivity index (χ1v) is 4.07. The Hall–Kier alpha value is -0.860. The normalized spacial score (nSPS) is 18.7. The van der Waals surface area contributed by atoms with Crippen LogP contribution in [0.15, 0.2) is 30.3 Å². The maximum atomic E-state index is 10.8. The van der Waals surface area contributed by atoms with Crippen molar-refractivity contribution in [1.29, 1.82) is 0 Å². The monoisotopic (exact) mass is 197 g/mol. The Bertz CT molecular complexity index is 302. The first-order chi connectivity index (χ1) is 5.71. The van der Waals surface area contributed by atoms with E-state index >= 15 is 0 Å². The molecule has 3 heteroatoms. The highest BCUT2D eigenvalue weighted by atomic mass is 35.5. The first kappa shape index (κ1) is 10.2. The Morgan fingerprint density at radius 3 is 2.15 bits per heavy atom. The minimum Gasteiger partial charge on any atom is -0.321 e. The van der Waals surface area contributed by atoms with Crippen LogP contribution in [0.1, 0.15) is 18.4 Å². The fourth-order valence-corrected chi connectivity index (χ4v) is 1.63. The van der Waals surface area contributed by atoms with Crippen LogP contribution in [0.3, 0.4) is 0 Å². The van der Waals surface area contributed by atoms with Crippen LogP contribution >= 0.6 is 12.4 Å². The molecule has 0 aromatic heterocycles. The average molecular weight is 198 g/mol. The number of ketones is 1. The summed E-state index contributed by atoms with van der Waals surface area (Å²) in [6, 6.07) is 9.81. The van der Waals surface area contributed by atoms with Crippen LogP contribution in [-0.2, 0) is 10.3 Å². The summed E-state index contributed by atoms with van der Waals surface area (Å²) in [4.78, 5) is 10.8. The summed E-state index contributed by atoms with van der Waals surface area (Å²) >= 11 is 0. The van der Waals surface area contributed by atoms with Gasteiger partial charge in [-0.05, 0) is 5.56 Å². The predicted molar refractivity (Wildman–Crippen MR) is 53.8 cm³/mol. The zero-order valence-corrected chi connectivity index (χ0v) is 8.01. The van der Waals surface area contributed by atoms with Crippen molar-refractivity contribution in [2.45, 2.75) is 18.4 Å². The molecule has 1 aromatic rings. The zero-order chi connectivity index (χ0) is 8.60. The van der Waals surface area contributed by atoms with Crippen LogP contribution < -0.4 is 5.73 Å². The van der Waals surface area contributed by atoms with Gasteiger partial charge < -0.3 is 5.73 Å². The number of nitrogens with two attached hydrogens (primary N) is 1. The molecule has 2 rings (SSSR count).